The van der Waals surface area contributed by atoms with Crippen LogP contribution in [0.25, 0.3) is 27.7 Å². The maximum atomic E-state index is 12.5. The summed E-state index contributed by atoms with van der Waals surface area (Å²) in [5, 5.41) is 3.95. The van der Waals surface area contributed by atoms with Crippen molar-refractivity contribution in [3.8, 4) is 16.9 Å². The second-order valence-electron chi connectivity index (χ2n) is 8.29. The first-order valence-electron chi connectivity index (χ1n) is 11.1. The van der Waals surface area contributed by atoms with Gasteiger partial charge in [-0.05, 0) is 50.0 Å². The van der Waals surface area contributed by atoms with Crippen LogP contribution in [0.4, 0.5) is 0 Å². The van der Waals surface area contributed by atoms with Gasteiger partial charge in [0.05, 0.1) is 19.7 Å². The lowest BCUT2D eigenvalue weighted by atomic mass is 9.96. The Labute approximate surface area is 193 Å². The highest BCUT2D eigenvalue weighted by Gasteiger charge is 2.16. The maximum absolute atomic E-state index is 12.5. The Morgan fingerprint density at radius 3 is 2.79 bits per heavy atom. The number of fused-ring (bicyclic) bond motifs is 1. The number of methoxy groups -OCH3 is 1. The van der Waals surface area contributed by atoms with Crippen molar-refractivity contribution >= 4 is 22.4 Å². The molecule has 1 amide bonds. The fourth-order valence-electron chi connectivity index (χ4n) is 4.07. The standard InChI is InChI=1S/C27H29N3O3/c1-18-6-7-21(19(2)12-18)24-16-33-26-15-25(32-4)22(14-23(24)26)20(3)13-27(31)29-8-5-10-30-11-9-28-17-30/h6-7,9,11-17H,5,8,10H2,1-4H3,(H,29,31)/b20-13+. The number of aromatic nitrogens is 2. The molecule has 0 aliphatic rings. The summed E-state index contributed by atoms with van der Waals surface area (Å²) in [6, 6.07) is 10.3. The number of carbonyl (C=O) groups excluding carboxylic acids is 1. The summed E-state index contributed by atoms with van der Waals surface area (Å²) in [7, 11) is 1.63. The molecule has 170 valence electrons. The number of nitrogens with zero attached hydrogens (tertiary/aromatic N) is 2. The molecule has 0 unspecified atom stereocenters. The summed E-state index contributed by atoms with van der Waals surface area (Å²) in [5.74, 6) is 0.549. The van der Waals surface area contributed by atoms with Crippen LogP contribution in [-0.4, -0.2) is 29.1 Å². The van der Waals surface area contributed by atoms with E-state index in [1.54, 1.807) is 32.0 Å². The van der Waals surface area contributed by atoms with Gasteiger partial charge in [0.15, 0.2) is 0 Å². The molecule has 33 heavy (non-hydrogen) atoms. The number of nitrogens with one attached hydrogen (secondary N) is 1. The molecule has 0 saturated carbocycles. The normalized spacial score (nSPS) is 11.7. The van der Waals surface area contributed by atoms with Crippen LogP contribution in [0.2, 0.25) is 0 Å². The van der Waals surface area contributed by atoms with Crippen LogP contribution in [0.15, 0.2) is 65.8 Å². The highest BCUT2D eigenvalue weighted by molar-refractivity contribution is 6.00. The molecule has 6 nitrogen and oxygen atoms in total. The second-order valence-corrected chi connectivity index (χ2v) is 8.29. The van der Waals surface area contributed by atoms with Gasteiger partial charge in [-0.25, -0.2) is 4.98 Å². The fourth-order valence-corrected chi connectivity index (χ4v) is 4.07. The van der Waals surface area contributed by atoms with Crippen molar-refractivity contribution in [3.05, 3.63) is 78.1 Å². The lowest BCUT2D eigenvalue weighted by Gasteiger charge is -2.11. The third-order valence-corrected chi connectivity index (χ3v) is 5.79. The van der Waals surface area contributed by atoms with Crippen LogP contribution in [0, 0.1) is 13.8 Å². The first-order valence-corrected chi connectivity index (χ1v) is 11.1. The van der Waals surface area contributed by atoms with Crippen LogP contribution in [-0.2, 0) is 11.3 Å². The molecule has 0 saturated heterocycles. The third-order valence-electron chi connectivity index (χ3n) is 5.79. The molecule has 0 fully saturated rings. The van der Waals surface area contributed by atoms with E-state index in [4.69, 9.17) is 9.15 Å². The molecule has 1 N–H and O–H groups in total. The predicted molar refractivity (Wildman–Crippen MR) is 131 cm³/mol. The lowest BCUT2D eigenvalue weighted by Crippen LogP contribution is -2.23. The van der Waals surface area contributed by atoms with Gasteiger partial charge < -0.3 is 19.0 Å². The number of benzene rings is 2. The smallest absolute Gasteiger partial charge is 0.244 e. The van der Waals surface area contributed by atoms with Crippen LogP contribution in [0.3, 0.4) is 0 Å². The van der Waals surface area contributed by atoms with Crippen LogP contribution >= 0.6 is 0 Å². The molecule has 2 aromatic heterocycles. The van der Waals surface area contributed by atoms with Gasteiger partial charge in [0.1, 0.15) is 11.3 Å². The zero-order chi connectivity index (χ0) is 23.4. The van der Waals surface area contributed by atoms with Crippen LogP contribution < -0.4 is 10.1 Å². The van der Waals surface area contributed by atoms with Crippen molar-refractivity contribution in [2.75, 3.05) is 13.7 Å². The minimum absolute atomic E-state index is 0.123. The zero-order valence-corrected chi connectivity index (χ0v) is 19.5. The van der Waals surface area contributed by atoms with Gasteiger partial charge >= 0.3 is 0 Å². The Bertz CT molecular complexity index is 1300. The van der Waals surface area contributed by atoms with Gasteiger partial charge in [0.25, 0.3) is 0 Å². The average molecular weight is 444 g/mol. The Morgan fingerprint density at radius 1 is 1.21 bits per heavy atom. The second kappa shape index (κ2) is 9.77. The Kier molecular flexibility index (Phi) is 6.63. The Balaban J connectivity index is 1.57. The summed E-state index contributed by atoms with van der Waals surface area (Å²) in [6.45, 7) is 7.52. The molecule has 2 heterocycles. The number of rotatable bonds is 8. The molecule has 4 aromatic rings. The van der Waals surface area contributed by atoms with E-state index in [1.165, 1.54) is 11.1 Å². The SMILES string of the molecule is COc1cc2occ(-c3ccc(C)cc3C)c2cc1/C(C)=C/C(=O)NCCCn1ccnc1. The van der Waals surface area contributed by atoms with E-state index in [0.717, 1.165) is 46.2 Å². The minimum Gasteiger partial charge on any atom is -0.496 e. The van der Waals surface area contributed by atoms with E-state index in [1.807, 2.05) is 29.8 Å². The number of carbonyl (C=O) groups is 1. The van der Waals surface area contributed by atoms with E-state index in [0.29, 0.717) is 12.3 Å². The lowest BCUT2D eigenvalue weighted by molar-refractivity contribution is -0.116. The molecule has 0 atom stereocenters. The molecule has 4 rings (SSSR count). The molecule has 0 aliphatic heterocycles. The van der Waals surface area contributed by atoms with E-state index in [2.05, 4.69) is 42.3 Å². The number of ether oxygens (including phenoxy) is 1. The molecule has 0 radical (unpaired) electrons. The molecule has 0 bridgehead atoms. The summed E-state index contributed by atoms with van der Waals surface area (Å²) >= 11 is 0. The number of allylic oxidation sites excluding steroid dienone is 1. The van der Waals surface area contributed by atoms with Crippen molar-refractivity contribution in [1.29, 1.82) is 0 Å². The molecular formula is C27H29N3O3. The van der Waals surface area contributed by atoms with Crippen molar-refractivity contribution < 1.29 is 13.9 Å². The van der Waals surface area contributed by atoms with E-state index < -0.39 is 0 Å². The van der Waals surface area contributed by atoms with Crippen molar-refractivity contribution in [2.24, 2.45) is 0 Å². The zero-order valence-electron chi connectivity index (χ0n) is 19.5. The molecule has 6 heteroatoms. The average Bonchev–Trinajstić information content (AvgIpc) is 3.45. The van der Waals surface area contributed by atoms with Crippen molar-refractivity contribution in [2.45, 2.75) is 33.7 Å². The summed E-state index contributed by atoms with van der Waals surface area (Å²) in [4.78, 5) is 16.5. The van der Waals surface area contributed by atoms with Gasteiger partial charge in [-0.15, -0.1) is 0 Å². The van der Waals surface area contributed by atoms with Gasteiger partial charge in [-0.2, -0.15) is 0 Å². The number of hydrogen-bond donors (Lipinski definition) is 1. The molecule has 0 aliphatic carbocycles. The quantitative estimate of drug-likeness (QED) is 0.287. The molecule has 0 spiro atoms. The fraction of sp³-hybridized carbons (Fsp3) is 0.259. The number of amides is 1. The maximum Gasteiger partial charge on any atom is 0.244 e. The first kappa shape index (κ1) is 22.4. The highest BCUT2D eigenvalue weighted by atomic mass is 16.5. The highest BCUT2D eigenvalue weighted by Crippen LogP contribution is 2.38. The number of hydrogen-bond acceptors (Lipinski definition) is 4. The predicted octanol–water partition coefficient (Wildman–Crippen LogP) is 5.53. The largest absolute Gasteiger partial charge is 0.496 e. The van der Waals surface area contributed by atoms with E-state index >= 15 is 0 Å². The summed E-state index contributed by atoms with van der Waals surface area (Å²) < 4.78 is 13.5. The minimum atomic E-state index is -0.123. The third kappa shape index (κ3) is 5.00. The Hall–Kier alpha value is -3.80. The molecule has 2 aromatic carbocycles. The van der Waals surface area contributed by atoms with Crippen LogP contribution in [0.5, 0.6) is 5.75 Å². The van der Waals surface area contributed by atoms with E-state index in [-0.39, 0.29) is 5.91 Å². The van der Waals surface area contributed by atoms with Crippen molar-refractivity contribution in [1.82, 2.24) is 14.9 Å². The van der Waals surface area contributed by atoms with Crippen LogP contribution in [0.1, 0.15) is 30.0 Å². The number of imidazole rings is 1. The van der Waals surface area contributed by atoms with Gasteiger partial charge in [0.2, 0.25) is 5.91 Å². The van der Waals surface area contributed by atoms with Gasteiger partial charge in [-0.3, -0.25) is 4.79 Å². The Morgan fingerprint density at radius 2 is 2.06 bits per heavy atom. The monoisotopic (exact) mass is 443 g/mol. The first-order chi connectivity index (χ1) is 16.0. The summed E-state index contributed by atoms with van der Waals surface area (Å²) in [6.07, 6.45) is 9.68. The number of furan rings is 1. The van der Waals surface area contributed by atoms with Gasteiger partial charge in [0, 0.05) is 54.1 Å². The van der Waals surface area contributed by atoms with E-state index in [9.17, 15) is 4.79 Å². The topological polar surface area (TPSA) is 69.3 Å². The van der Waals surface area contributed by atoms with Crippen molar-refractivity contribution in [3.63, 3.8) is 0 Å². The summed E-state index contributed by atoms with van der Waals surface area (Å²) in [5.41, 5.74) is 7.02. The molecular weight excluding hydrogens is 414 g/mol. The van der Waals surface area contributed by atoms with Gasteiger partial charge in [-0.1, -0.05) is 23.8 Å². The number of aryl methyl sites for hydroxylation is 3.